The summed E-state index contributed by atoms with van der Waals surface area (Å²) < 4.78 is 0. The molecule has 92 valence electrons. The van der Waals surface area contributed by atoms with Crippen molar-refractivity contribution >= 4 is 22.8 Å². The first-order valence-electron chi connectivity index (χ1n) is 5.87. The van der Waals surface area contributed by atoms with E-state index in [1.165, 1.54) is 31.0 Å². The summed E-state index contributed by atoms with van der Waals surface area (Å²) in [6.45, 7) is 1.81. The quantitative estimate of drug-likeness (QED) is 0.590. The summed E-state index contributed by atoms with van der Waals surface area (Å²) in [6.07, 6.45) is 6.07. The van der Waals surface area contributed by atoms with E-state index in [1.54, 1.807) is 7.05 Å². The van der Waals surface area contributed by atoms with Crippen LogP contribution in [0.15, 0.2) is 4.99 Å². The molecule has 1 amide bonds. The number of rotatable bonds is 2. The monoisotopic (exact) mass is 243 g/mol. The number of carbonyl (C=O) groups excluding carboxylic acids is 1. The van der Waals surface area contributed by atoms with E-state index in [2.05, 4.69) is 4.99 Å². The van der Waals surface area contributed by atoms with Crippen LogP contribution in [-0.2, 0) is 4.79 Å². The molecule has 0 radical (unpaired) electrons. The molecule has 16 heavy (non-hydrogen) atoms. The molecule has 0 atom stereocenters. The van der Waals surface area contributed by atoms with E-state index in [0.29, 0.717) is 10.9 Å². The van der Waals surface area contributed by atoms with Gasteiger partial charge in [-0.3, -0.25) is 9.79 Å². The van der Waals surface area contributed by atoms with Crippen molar-refractivity contribution in [2.75, 3.05) is 25.9 Å². The van der Waals surface area contributed by atoms with E-state index in [0.717, 1.165) is 25.9 Å². The third-order valence-corrected chi connectivity index (χ3v) is 3.64. The summed E-state index contributed by atoms with van der Waals surface area (Å²) in [6, 6.07) is 0. The topological polar surface area (TPSA) is 58.7 Å². The number of hydrogen-bond acceptors (Lipinski definition) is 3. The molecule has 1 heterocycles. The fourth-order valence-electron chi connectivity index (χ4n) is 1.79. The van der Waals surface area contributed by atoms with Gasteiger partial charge in [0, 0.05) is 20.1 Å². The maximum atomic E-state index is 11.9. The zero-order valence-corrected chi connectivity index (χ0v) is 10.8. The van der Waals surface area contributed by atoms with Gasteiger partial charge in [-0.2, -0.15) is 0 Å². The number of thioether (sulfide) groups is 1. The van der Waals surface area contributed by atoms with Gasteiger partial charge in [0.25, 0.3) is 0 Å². The van der Waals surface area contributed by atoms with Gasteiger partial charge in [-0.1, -0.05) is 31.0 Å². The maximum Gasteiger partial charge on any atom is 0.233 e. The molecule has 0 aromatic rings. The minimum Gasteiger partial charge on any atom is -0.379 e. The molecule has 0 saturated carbocycles. The number of amidine groups is 1. The molecule has 5 heteroatoms. The first-order valence-corrected chi connectivity index (χ1v) is 6.85. The van der Waals surface area contributed by atoms with Crippen LogP contribution in [0.1, 0.15) is 32.1 Å². The lowest BCUT2D eigenvalue weighted by Crippen LogP contribution is -2.35. The lowest BCUT2D eigenvalue weighted by atomic mass is 10.1. The van der Waals surface area contributed by atoms with Gasteiger partial charge in [0.2, 0.25) is 5.91 Å². The minimum absolute atomic E-state index is 0.193. The molecule has 0 aliphatic carbocycles. The van der Waals surface area contributed by atoms with Gasteiger partial charge in [0.1, 0.15) is 0 Å². The average molecular weight is 243 g/mol. The van der Waals surface area contributed by atoms with E-state index in [9.17, 15) is 4.79 Å². The van der Waals surface area contributed by atoms with Gasteiger partial charge in [0.15, 0.2) is 5.17 Å². The molecule has 1 aliphatic heterocycles. The summed E-state index contributed by atoms with van der Waals surface area (Å²) in [4.78, 5) is 17.7. The smallest absolute Gasteiger partial charge is 0.233 e. The molecule has 1 saturated heterocycles. The van der Waals surface area contributed by atoms with Crippen molar-refractivity contribution < 1.29 is 4.79 Å². The molecule has 0 bridgehead atoms. The third kappa shape index (κ3) is 4.88. The van der Waals surface area contributed by atoms with Crippen molar-refractivity contribution in [1.29, 1.82) is 0 Å². The van der Waals surface area contributed by atoms with Crippen molar-refractivity contribution in [3.05, 3.63) is 0 Å². The fourth-order valence-corrected chi connectivity index (χ4v) is 2.37. The maximum absolute atomic E-state index is 11.9. The van der Waals surface area contributed by atoms with Crippen LogP contribution in [0.2, 0.25) is 0 Å². The number of nitrogens with two attached hydrogens (primary N) is 1. The second kappa shape index (κ2) is 7.54. The van der Waals surface area contributed by atoms with Crippen LogP contribution in [0.25, 0.3) is 0 Å². The lowest BCUT2D eigenvalue weighted by Gasteiger charge is -2.24. The minimum atomic E-state index is 0.193. The zero-order chi connectivity index (χ0) is 11.8. The van der Waals surface area contributed by atoms with Gasteiger partial charge in [-0.25, -0.2) is 0 Å². The highest BCUT2D eigenvalue weighted by atomic mass is 32.2. The van der Waals surface area contributed by atoms with Crippen molar-refractivity contribution in [3.63, 3.8) is 0 Å². The molecule has 1 fully saturated rings. The van der Waals surface area contributed by atoms with E-state index in [-0.39, 0.29) is 5.91 Å². The van der Waals surface area contributed by atoms with Crippen LogP contribution >= 0.6 is 11.8 Å². The first-order chi connectivity index (χ1) is 7.74. The molecule has 0 aromatic heterocycles. The van der Waals surface area contributed by atoms with Crippen molar-refractivity contribution in [1.82, 2.24) is 4.90 Å². The SMILES string of the molecule is CN=C(N)SCC(=O)N1CCCCCCC1. The number of hydrogen-bond donors (Lipinski definition) is 1. The molecule has 1 rings (SSSR count). The summed E-state index contributed by atoms with van der Waals surface area (Å²) >= 11 is 1.33. The van der Waals surface area contributed by atoms with Crippen molar-refractivity contribution in [2.45, 2.75) is 32.1 Å². The Hall–Kier alpha value is -0.710. The van der Waals surface area contributed by atoms with Gasteiger partial charge in [-0.15, -0.1) is 0 Å². The second-order valence-corrected chi connectivity index (χ2v) is 4.99. The summed E-state index contributed by atoms with van der Waals surface area (Å²) in [5, 5.41) is 0.486. The standard InChI is InChI=1S/C11H21N3OS/c1-13-11(12)16-9-10(15)14-7-5-3-2-4-6-8-14/h2-9H2,1H3,(H2,12,13). The Morgan fingerprint density at radius 3 is 2.38 bits per heavy atom. The van der Waals surface area contributed by atoms with Crippen LogP contribution in [0.5, 0.6) is 0 Å². The molecule has 0 aromatic carbocycles. The van der Waals surface area contributed by atoms with Gasteiger partial charge >= 0.3 is 0 Å². The molecular weight excluding hydrogens is 222 g/mol. The molecule has 2 N–H and O–H groups in total. The van der Waals surface area contributed by atoms with Crippen LogP contribution < -0.4 is 5.73 Å². The number of nitrogens with zero attached hydrogens (tertiary/aromatic N) is 2. The Kier molecular flexibility index (Phi) is 6.30. The van der Waals surface area contributed by atoms with Crippen LogP contribution in [-0.4, -0.2) is 41.9 Å². The van der Waals surface area contributed by atoms with E-state index in [1.807, 2.05) is 4.90 Å². The average Bonchev–Trinajstić information content (AvgIpc) is 2.25. The molecular formula is C11H21N3OS. The number of carbonyl (C=O) groups is 1. The number of aliphatic imine (C=N–C) groups is 1. The largest absolute Gasteiger partial charge is 0.379 e. The summed E-state index contributed by atoms with van der Waals surface area (Å²) in [5.74, 6) is 0.613. The normalized spacial score (nSPS) is 19.1. The van der Waals surface area contributed by atoms with Gasteiger partial charge < -0.3 is 10.6 Å². The first kappa shape index (κ1) is 13.4. The van der Waals surface area contributed by atoms with Gasteiger partial charge in [-0.05, 0) is 12.8 Å². The van der Waals surface area contributed by atoms with Crippen molar-refractivity contribution in [3.8, 4) is 0 Å². The summed E-state index contributed by atoms with van der Waals surface area (Å²) in [7, 11) is 1.64. The Bertz CT molecular complexity index is 248. The fraction of sp³-hybridized carbons (Fsp3) is 0.818. The van der Waals surface area contributed by atoms with Crippen LogP contribution in [0.3, 0.4) is 0 Å². The Morgan fingerprint density at radius 2 is 1.81 bits per heavy atom. The third-order valence-electron chi connectivity index (χ3n) is 2.77. The van der Waals surface area contributed by atoms with E-state index >= 15 is 0 Å². The van der Waals surface area contributed by atoms with Gasteiger partial charge in [0.05, 0.1) is 5.75 Å². The second-order valence-electron chi connectivity index (χ2n) is 4.00. The van der Waals surface area contributed by atoms with Crippen LogP contribution in [0, 0.1) is 0 Å². The molecule has 4 nitrogen and oxygen atoms in total. The predicted molar refractivity (Wildman–Crippen MR) is 69.7 cm³/mol. The number of likely N-dealkylation sites (tertiary alicyclic amines) is 1. The molecule has 0 spiro atoms. The van der Waals surface area contributed by atoms with Crippen molar-refractivity contribution in [2.24, 2.45) is 10.7 Å². The van der Waals surface area contributed by atoms with E-state index in [4.69, 9.17) is 5.73 Å². The zero-order valence-electron chi connectivity index (χ0n) is 9.95. The Morgan fingerprint density at radius 1 is 1.25 bits per heavy atom. The lowest BCUT2D eigenvalue weighted by molar-refractivity contribution is -0.128. The Labute approximate surface area is 102 Å². The predicted octanol–water partition coefficient (Wildman–Crippen LogP) is 1.46. The van der Waals surface area contributed by atoms with Crippen LogP contribution in [0.4, 0.5) is 0 Å². The highest BCUT2D eigenvalue weighted by molar-refractivity contribution is 8.14. The highest BCUT2D eigenvalue weighted by Gasteiger charge is 2.14. The van der Waals surface area contributed by atoms with E-state index < -0.39 is 0 Å². The number of amides is 1. The summed E-state index contributed by atoms with van der Waals surface area (Å²) in [5.41, 5.74) is 5.55. The molecule has 1 aliphatic rings. The Balaban J connectivity index is 2.32. The highest BCUT2D eigenvalue weighted by Crippen LogP contribution is 2.12. The molecule has 0 unspecified atom stereocenters.